The largest absolute Gasteiger partial charge is 0.389 e. The highest BCUT2D eigenvalue weighted by atomic mass is 16.3. The van der Waals surface area contributed by atoms with Crippen molar-refractivity contribution in [3.63, 3.8) is 0 Å². The molecule has 3 saturated carbocycles. The molecule has 3 fully saturated rings. The Morgan fingerprint density at radius 3 is 2.61 bits per heavy atom. The monoisotopic (exact) mass is 383 g/mol. The molecule has 8 atom stereocenters. The summed E-state index contributed by atoms with van der Waals surface area (Å²) in [4.78, 5) is 4.25. The molecule has 0 aromatic carbocycles. The highest BCUT2D eigenvalue weighted by molar-refractivity contribution is 5.31. The van der Waals surface area contributed by atoms with Crippen molar-refractivity contribution in [2.24, 2.45) is 28.6 Å². The SMILES string of the molecule is C[C@]12C=CC(O)CC1CC[C@@H]1[C@H]2CC[C@]2(C)C(O)(c3cccnc3)CC[C@@]12O. The first-order valence-corrected chi connectivity index (χ1v) is 11.0. The number of fused-ring (bicyclic) bond motifs is 5. The Balaban J connectivity index is 1.55. The van der Waals surface area contributed by atoms with Crippen LogP contribution in [0, 0.1) is 28.6 Å². The topological polar surface area (TPSA) is 73.6 Å². The van der Waals surface area contributed by atoms with E-state index in [0.717, 1.165) is 37.7 Å². The van der Waals surface area contributed by atoms with Crippen molar-refractivity contribution in [1.29, 1.82) is 0 Å². The minimum Gasteiger partial charge on any atom is -0.389 e. The fourth-order valence-corrected chi connectivity index (χ4v) is 7.85. The molecular weight excluding hydrogens is 350 g/mol. The molecule has 3 unspecified atom stereocenters. The average Bonchev–Trinajstić information content (AvgIpc) is 2.91. The maximum atomic E-state index is 12.2. The minimum atomic E-state index is -1.03. The van der Waals surface area contributed by atoms with Gasteiger partial charge in [-0.05, 0) is 74.2 Å². The number of hydrogen-bond donors (Lipinski definition) is 3. The minimum absolute atomic E-state index is 0.0359. The van der Waals surface area contributed by atoms with Gasteiger partial charge in [0.1, 0.15) is 0 Å². The number of aliphatic hydroxyl groups is 3. The average molecular weight is 384 g/mol. The Bertz CT molecular complexity index is 796. The highest BCUT2D eigenvalue weighted by Gasteiger charge is 2.71. The molecule has 4 aliphatic carbocycles. The van der Waals surface area contributed by atoms with Gasteiger partial charge in [-0.25, -0.2) is 0 Å². The number of rotatable bonds is 1. The van der Waals surface area contributed by atoms with Gasteiger partial charge in [0.25, 0.3) is 0 Å². The Morgan fingerprint density at radius 1 is 1.04 bits per heavy atom. The Morgan fingerprint density at radius 2 is 1.86 bits per heavy atom. The Labute approximate surface area is 167 Å². The van der Waals surface area contributed by atoms with Crippen LogP contribution in [0.2, 0.25) is 0 Å². The number of aromatic nitrogens is 1. The van der Waals surface area contributed by atoms with Crippen LogP contribution in [0.1, 0.15) is 64.4 Å². The van der Waals surface area contributed by atoms with E-state index in [9.17, 15) is 15.3 Å². The van der Waals surface area contributed by atoms with Gasteiger partial charge in [-0.2, -0.15) is 0 Å². The van der Waals surface area contributed by atoms with E-state index in [-0.39, 0.29) is 17.4 Å². The Hall–Kier alpha value is -1.23. The second kappa shape index (κ2) is 5.90. The van der Waals surface area contributed by atoms with E-state index < -0.39 is 16.6 Å². The van der Waals surface area contributed by atoms with E-state index in [2.05, 4.69) is 24.9 Å². The second-order valence-electron chi connectivity index (χ2n) is 10.4. The fourth-order valence-electron chi connectivity index (χ4n) is 7.85. The molecule has 5 rings (SSSR count). The zero-order valence-corrected chi connectivity index (χ0v) is 17.0. The third-order valence-electron chi connectivity index (χ3n) is 9.64. The molecule has 4 nitrogen and oxygen atoms in total. The summed E-state index contributed by atoms with van der Waals surface area (Å²) in [7, 11) is 0. The van der Waals surface area contributed by atoms with Gasteiger partial charge in [0, 0.05) is 23.4 Å². The van der Waals surface area contributed by atoms with Gasteiger partial charge in [0.05, 0.1) is 17.3 Å². The van der Waals surface area contributed by atoms with Crippen LogP contribution in [0.3, 0.4) is 0 Å². The highest BCUT2D eigenvalue weighted by Crippen LogP contribution is 2.71. The summed E-state index contributed by atoms with van der Waals surface area (Å²) in [6, 6.07) is 3.84. The van der Waals surface area contributed by atoms with Crippen LogP contribution in [-0.4, -0.2) is 32.0 Å². The fraction of sp³-hybridized carbons (Fsp3) is 0.708. The lowest BCUT2D eigenvalue weighted by Gasteiger charge is -2.63. The van der Waals surface area contributed by atoms with Crippen LogP contribution in [0.15, 0.2) is 36.7 Å². The van der Waals surface area contributed by atoms with Crippen LogP contribution in [0.25, 0.3) is 0 Å². The van der Waals surface area contributed by atoms with Gasteiger partial charge < -0.3 is 15.3 Å². The van der Waals surface area contributed by atoms with Gasteiger partial charge in [0.15, 0.2) is 0 Å². The molecular formula is C24H33NO3. The predicted molar refractivity (Wildman–Crippen MR) is 107 cm³/mol. The number of hydrogen-bond acceptors (Lipinski definition) is 4. The first kappa shape index (κ1) is 18.8. The molecule has 28 heavy (non-hydrogen) atoms. The molecule has 0 bridgehead atoms. The molecule has 0 saturated heterocycles. The van der Waals surface area contributed by atoms with Gasteiger partial charge >= 0.3 is 0 Å². The normalized spacial score (nSPS) is 52.6. The molecule has 1 heterocycles. The van der Waals surface area contributed by atoms with Crippen LogP contribution in [-0.2, 0) is 5.60 Å². The molecule has 0 spiro atoms. The summed E-state index contributed by atoms with van der Waals surface area (Å²) >= 11 is 0. The molecule has 0 radical (unpaired) electrons. The van der Waals surface area contributed by atoms with E-state index in [1.165, 1.54) is 0 Å². The van der Waals surface area contributed by atoms with E-state index in [0.29, 0.717) is 24.7 Å². The molecule has 152 valence electrons. The van der Waals surface area contributed by atoms with Gasteiger partial charge in [0.2, 0.25) is 0 Å². The summed E-state index contributed by atoms with van der Waals surface area (Å²) in [6.45, 7) is 4.45. The first-order valence-electron chi connectivity index (χ1n) is 11.0. The summed E-state index contributed by atoms with van der Waals surface area (Å²) < 4.78 is 0. The number of nitrogens with zero attached hydrogens (tertiary/aromatic N) is 1. The maximum Gasteiger partial charge on any atom is 0.0993 e. The van der Waals surface area contributed by atoms with Crippen molar-refractivity contribution in [2.45, 2.75) is 76.1 Å². The Kier molecular flexibility index (Phi) is 3.96. The third-order valence-corrected chi connectivity index (χ3v) is 9.64. The predicted octanol–water partition coefficient (Wildman–Crippen LogP) is 3.56. The molecule has 4 heteroatoms. The molecule has 0 amide bonds. The quantitative estimate of drug-likeness (QED) is 0.648. The summed E-state index contributed by atoms with van der Waals surface area (Å²) in [5.41, 5.74) is -1.58. The van der Waals surface area contributed by atoms with Crippen LogP contribution < -0.4 is 0 Å². The third kappa shape index (κ3) is 2.15. The van der Waals surface area contributed by atoms with Gasteiger partial charge in [-0.15, -0.1) is 0 Å². The van der Waals surface area contributed by atoms with Crippen molar-refractivity contribution < 1.29 is 15.3 Å². The number of pyridine rings is 1. The summed E-state index contributed by atoms with van der Waals surface area (Å²) in [5, 5.41) is 34.1. The van der Waals surface area contributed by atoms with Crippen LogP contribution in [0.5, 0.6) is 0 Å². The summed E-state index contributed by atoms with van der Waals surface area (Å²) in [6.07, 6.45) is 13.3. The van der Waals surface area contributed by atoms with Crippen LogP contribution >= 0.6 is 0 Å². The van der Waals surface area contributed by atoms with E-state index in [4.69, 9.17) is 0 Å². The zero-order valence-electron chi connectivity index (χ0n) is 17.0. The molecule has 3 N–H and O–H groups in total. The summed E-state index contributed by atoms with van der Waals surface area (Å²) in [5.74, 6) is 1.09. The van der Waals surface area contributed by atoms with Crippen LogP contribution in [0.4, 0.5) is 0 Å². The molecule has 4 aliphatic rings. The lowest BCUT2D eigenvalue weighted by Crippen LogP contribution is -2.64. The smallest absolute Gasteiger partial charge is 0.0993 e. The number of allylic oxidation sites excluding steroid dienone is 1. The van der Waals surface area contributed by atoms with Crippen molar-refractivity contribution in [3.8, 4) is 0 Å². The standard InChI is InChI=1S/C24H33NO3/c1-21-9-7-18(26)14-16(21)5-6-20-19(21)8-10-22(2)23(27,11-12-24(20,22)28)17-4-3-13-25-15-17/h3-4,7,9,13,15-16,18-20,26-28H,5-6,8,10-12,14H2,1-2H3/t16?,18?,19-,20-,21+,22-,23?,24-/m1/s1. The second-order valence-corrected chi connectivity index (χ2v) is 10.4. The van der Waals surface area contributed by atoms with Gasteiger partial charge in [-0.1, -0.05) is 32.1 Å². The maximum absolute atomic E-state index is 12.2. The van der Waals surface area contributed by atoms with Crippen molar-refractivity contribution >= 4 is 0 Å². The van der Waals surface area contributed by atoms with Crippen molar-refractivity contribution in [1.82, 2.24) is 4.98 Å². The van der Waals surface area contributed by atoms with Crippen molar-refractivity contribution in [3.05, 3.63) is 42.2 Å². The molecule has 0 aliphatic heterocycles. The van der Waals surface area contributed by atoms with Gasteiger partial charge in [-0.3, -0.25) is 4.98 Å². The van der Waals surface area contributed by atoms with E-state index >= 15 is 0 Å². The van der Waals surface area contributed by atoms with Crippen molar-refractivity contribution in [2.75, 3.05) is 0 Å². The number of aliphatic hydroxyl groups excluding tert-OH is 1. The lowest BCUT2D eigenvalue weighted by atomic mass is 9.44. The molecule has 1 aromatic heterocycles. The van der Waals surface area contributed by atoms with E-state index in [1.807, 2.05) is 18.2 Å². The van der Waals surface area contributed by atoms with E-state index in [1.54, 1.807) is 12.4 Å². The zero-order chi connectivity index (χ0) is 19.8. The first-order chi connectivity index (χ1) is 13.2. The lowest BCUT2D eigenvalue weighted by molar-refractivity contribution is -0.229. The molecule has 1 aromatic rings.